The van der Waals surface area contributed by atoms with Gasteiger partial charge in [0.15, 0.2) is 0 Å². The first-order chi connectivity index (χ1) is 12.7. The van der Waals surface area contributed by atoms with Crippen LogP contribution < -0.4 is 0 Å². The van der Waals surface area contributed by atoms with Crippen molar-refractivity contribution in [1.82, 2.24) is 4.90 Å². The summed E-state index contributed by atoms with van der Waals surface area (Å²) in [5, 5.41) is 11.0. The van der Waals surface area contributed by atoms with Gasteiger partial charge in [-0.05, 0) is 18.4 Å². The molecule has 1 aromatic carbocycles. The molecule has 0 saturated carbocycles. The average Bonchev–Trinajstić information content (AvgIpc) is 2.84. The van der Waals surface area contributed by atoms with Gasteiger partial charge in [0.2, 0.25) is 11.8 Å². The second-order valence-electron chi connectivity index (χ2n) is 6.98. The molecule has 1 heterocycles. The molecule has 0 spiro atoms. The maximum Gasteiger partial charge on any atom is 0.310 e. The third-order valence-corrected chi connectivity index (χ3v) is 5.45. The molecule has 0 radical (unpaired) electrons. The van der Waals surface area contributed by atoms with Gasteiger partial charge in [-0.15, -0.1) is 0 Å². The van der Waals surface area contributed by atoms with E-state index >= 15 is 0 Å². The highest BCUT2D eigenvalue weighted by Crippen LogP contribution is 2.41. The molecule has 2 amide bonds. The molecule has 0 N–H and O–H groups in total. The van der Waals surface area contributed by atoms with Crippen LogP contribution in [-0.4, -0.2) is 34.7 Å². The number of esters is 1. The lowest BCUT2D eigenvalue weighted by molar-refractivity contribution is -0.385. The Morgan fingerprint density at radius 2 is 1.96 bits per heavy atom. The van der Waals surface area contributed by atoms with Gasteiger partial charge >= 0.3 is 5.97 Å². The molecule has 0 bridgehead atoms. The van der Waals surface area contributed by atoms with Crippen LogP contribution in [0.25, 0.3) is 0 Å². The van der Waals surface area contributed by atoms with Crippen LogP contribution in [0.2, 0.25) is 0 Å². The molecule has 2 aliphatic rings. The molecule has 0 aromatic heterocycles. The average molecular weight is 372 g/mol. The van der Waals surface area contributed by atoms with E-state index in [4.69, 9.17) is 4.74 Å². The van der Waals surface area contributed by atoms with Gasteiger partial charge in [0.1, 0.15) is 6.61 Å². The van der Waals surface area contributed by atoms with Crippen LogP contribution in [0.1, 0.15) is 18.1 Å². The number of nitrogens with zero attached hydrogens (tertiary/aromatic N) is 2. The van der Waals surface area contributed by atoms with Gasteiger partial charge in [0, 0.05) is 18.7 Å². The maximum absolute atomic E-state index is 12.7. The van der Waals surface area contributed by atoms with Gasteiger partial charge < -0.3 is 4.74 Å². The van der Waals surface area contributed by atoms with Crippen molar-refractivity contribution in [1.29, 1.82) is 0 Å². The molecule has 0 unspecified atom stereocenters. The number of hydrogen-bond donors (Lipinski definition) is 0. The molecule has 1 aliphatic heterocycles. The Morgan fingerprint density at radius 1 is 1.26 bits per heavy atom. The highest BCUT2D eigenvalue weighted by Gasteiger charge is 2.53. The Bertz CT molecular complexity index is 862. The summed E-state index contributed by atoms with van der Waals surface area (Å²) in [4.78, 5) is 49.0. The van der Waals surface area contributed by atoms with E-state index in [0.29, 0.717) is 11.1 Å². The fourth-order valence-corrected chi connectivity index (χ4v) is 3.81. The van der Waals surface area contributed by atoms with Crippen molar-refractivity contribution in [3.8, 4) is 0 Å². The molecule has 4 atom stereocenters. The van der Waals surface area contributed by atoms with Crippen LogP contribution in [-0.2, 0) is 25.7 Å². The summed E-state index contributed by atoms with van der Waals surface area (Å²) >= 11 is 0. The number of imide groups is 1. The number of allylic oxidation sites excluding steroid dienone is 1. The number of nitro benzene ring substituents is 1. The van der Waals surface area contributed by atoms with E-state index < -0.39 is 28.6 Å². The van der Waals surface area contributed by atoms with E-state index in [1.165, 1.54) is 19.2 Å². The Kier molecular flexibility index (Phi) is 4.82. The normalized spacial score (nSPS) is 26.9. The minimum Gasteiger partial charge on any atom is -0.461 e. The number of carbonyl (C=O) groups excluding carboxylic acids is 3. The molecule has 1 aromatic rings. The van der Waals surface area contributed by atoms with Crippen molar-refractivity contribution in [3.63, 3.8) is 0 Å². The molecular weight excluding hydrogens is 352 g/mol. The minimum absolute atomic E-state index is 0.0456. The van der Waals surface area contributed by atoms with Gasteiger partial charge in [-0.1, -0.05) is 31.2 Å². The molecular formula is C19H20N2O6. The van der Waals surface area contributed by atoms with E-state index in [1.54, 1.807) is 32.1 Å². The van der Waals surface area contributed by atoms with Crippen molar-refractivity contribution in [2.75, 3.05) is 7.05 Å². The Labute approximate surface area is 155 Å². The number of benzene rings is 1. The first-order valence-electron chi connectivity index (χ1n) is 8.63. The lowest BCUT2D eigenvalue weighted by Crippen LogP contribution is -2.39. The molecule has 27 heavy (non-hydrogen) atoms. The lowest BCUT2D eigenvalue weighted by Gasteiger charge is -2.30. The van der Waals surface area contributed by atoms with E-state index in [0.717, 1.165) is 4.90 Å². The molecule has 8 heteroatoms. The number of rotatable bonds is 4. The molecule has 3 rings (SSSR count). The van der Waals surface area contributed by atoms with Crippen LogP contribution in [0.15, 0.2) is 30.4 Å². The van der Waals surface area contributed by atoms with E-state index in [1.807, 2.05) is 0 Å². The van der Waals surface area contributed by atoms with Crippen LogP contribution in [0.4, 0.5) is 5.69 Å². The van der Waals surface area contributed by atoms with E-state index in [9.17, 15) is 24.5 Å². The summed E-state index contributed by atoms with van der Waals surface area (Å²) in [6, 6.07) is 4.57. The van der Waals surface area contributed by atoms with Crippen molar-refractivity contribution >= 4 is 23.5 Å². The van der Waals surface area contributed by atoms with Gasteiger partial charge in [-0.2, -0.15) is 0 Å². The fraction of sp³-hybridized carbons (Fsp3) is 0.421. The second-order valence-corrected chi connectivity index (χ2v) is 6.98. The highest BCUT2D eigenvalue weighted by atomic mass is 16.6. The molecule has 1 saturated heterocycles. The molecule has 142 valence electrons. The monoisotopic (exact) mass is 372 g/mol. The second kappa shape index (κ2) is 6.94. The zero-order valence-electron chi connectivity index (χ0n) is 15.2. The summed E-state index contributed by atoms with van der Waals surface area (Å²) in [5.74, 6) is -3.70. The summed E-state index contributed by atoms with van der Waals surface area (Å²) in [6.45, 7) is 3.26. The molecule has 8 nitrogen and oxygen atoms in total. The molecule has 1 aliphatic carbocycles. The van der Waals surface area contributed by atoms with Crippen LogP contribution in [0.3, 0.4) is 0 Å². The smallest absolute Gasteiger partial charge is 0.310 e. The first kappa shape index (κ1) is 18.8. The summed E-state index contributed by atoms with van der Waals surface area (Å²) in [7, 11) is 1.41. The van der Waals surface area contributed by atoms with E-state index in [-0.39, 0.29) is 30.0 Å². The number of amides is 2. The Balaban J connectivity index is 1.79. The largest absolute Gasteiger partial charge is 0.461 e. The topological polar surface area (TPSA) is 107 Å². The summed E-state index contributed by atoms with van der Waals surface area (Å²) in [5.41, 5.74) is 0.909. The Hall–Kier alpha value is -3.03. The summed E-state index contributed by atoms with van der Waals surface area (Å²) in [6.07, 6.45) is 3.45. The number of likely N-dealkylation sites (tertiary alicyclic amines) is 1. The third kappa shape index (κ3) is 3.11. The SMILES string of the molecule is Cc1c(COC(=O)[C@H]2[C@H]3C(=O)N(C)C(=O)[C@H]3C=C[C@H]2C)cccc1[N+](=O)[O-]. The van der Waals surface area contributed by atoms with Gasteiger partial charge in [0.05, 0.1) is 22.7 Å². The number of ether oxygens (including phenoxy) is 1. The van der Waals surface area contributed by atoms with E-state index in [2.05, 4.69) is 0 Å². The molecule has 1 fully saturated rings. The van der Waals surface area contributed by atoms with Crippen molar-refractivity contribution in [3.05, 3.63) is 51.6 Å². The number of hydrogen-bond acceptors (Lipinski definition) is 6. The predicted octanol–water partition coefficient (Wildman–Crippen LogP) is 2.00. The number of fused-ring (bicyclic) bond motifs is 1. The zero-order valence-corrected chi connectivity index (χ0v) is 15.2. The van der Waals surface area contributed by atoms with Gasteiger partial charge in [0.25, 0.3) is 5.69 Å². The van der Waals surface area contributed by atoms with Crippen LogP contribution in [0, 0.1) is 40.7 Å². The van der Waals surface area contributed by atoms with Crippen LogP contribution in [0.5, 0.6) is 0 Å². The van der Waals surface area contributed by atoms with Gasteiger partial charge in [-0.25, -0.2) is 0 Å². The van der Waals surface area contributed by atoms with Crippen molar-refractivity contribution in [2.24, 2.45) is 23.7 Å². The first-order valence-corrected chi connectivity index (χ1v) is 8.63. The quantitative estimate of drug-likeness (QED) is 0.263. The summed E-state index contributed by atoms with van der Waals surface area (Å²) < 4.78 is 5.40. The maximum atomic E-state index is 12.7. The predicted molar refractivity (Wildman–Crippen MR) is 94.2 cm³/mol. The number of nitro groups is 1. The third-order valence-electron chi connectivity index (χ3n) is 5.45. The van der Waals surface area contributed by atoms with Crippen molar-refractivity contribution < 1.29 is 24.0 Å². The Morgan fingerprint density at radius 3 is 2.63 bits per heavy atom. The zero-order chi connectivity index (χ0) is 19.9. The van der Waals surface area contributed by atoms with Gasteiger partial charge in [-0.3, -0.25) is 29.4 Å². The number of carbonyl (C=O) groups is 3. The van der Waals surface area contributed by atoms with Crippen LogP contribution >= 0.6 is 0 Å². The van der Waals surface area contributed by atoms with Crippen molar-refractivity contribution in [2.45, 2.75) is 20.5 Å². The fourth-order valence-electron chi connectivity index (χ4n) is 3.81. The standard InChI is InChI=1S/C19H20N2O6/c1-10-7-8-13-16(18(23)20(3)17(13)22)15(10)19(24)27-9-12-5-4-6-14(11(12)2)21(25)26/h4-8,10,13,15-16H,9H2,1-3H3/t10-,13+,15-,16+/m1/s1. The lowest BCUT2D eigenvalue weighted by atomic mass is 9.72. The minimum atomic E-state index is -0.764. The highest BCUT2D eigenvalue weighted by molar-refractivity contribution is 6.07.